The van der Waals surface area contributed by atoms with Crippen molar-refractivity contribution in [3.8, 4) is 11.8 Å². The number of hydrogen-bond acceptors (Lipinski definition) is 5. The van der Waals surface area contributed by atoms with Gasteiger partial charge in [0.2, 0.25) is 5.91 Å². The summed E-state index contributed by atoms with van der Waals surface area (Å²) in [7, 11) is 0. The average Bonchev–Trinajstić information content (AvgIpc) is 3.28. The van der Waals surface area contributed by atoms with Crippen molar-refractivity contribution in [1.29, 1.82) is 0 Å². The molecule has 7 nitrogen and oxygen atoms in total. The molecule has 2 saturated heterocycles. The van der Waals surface area contributed by atoms with Gasteiger partial charge in [0.1, 0.15) is 10.8 Å². The molecule has 2 aromatic rings. The third kappa shape index (κ3) is 5.05. The zero-order valence-electron chi connectivity index (χ0n) is 18.1. The number of aliphatic hydroxyl groups excluding tert-OH is 1. The minimum Gasteiger partial charge on any atom is -0.393 e. The Morgan fingerprint density at radius 3 is 2.62 bits per heavy atom. The lowest BCUT2D eigenvalue weighted by molar-refractivity contribution is -0.130. The van der Waals surface area contributed by atoms with Crippen LogP contribution in [0.2, 0.25) is 5.15 Å². The van der Waals surface area contributed by atoms with E-state index in [0.717, 1.165) is 37.2 Å². The van der Waals surface area contributed by atoms with Crippen LogP contribution < -0.4 is 4.90 Å². The minimum atomic E-state index is -1.52. The number of nitrogens with zero attached hydrogens (tertiary/aromatic N) is 5. The molecule has 0 spiro atoms. The SMILES string of the molecule is CC(=O)N1CCC(n2cc(C#Cc3cnc(Cl)cc3N3CCC(F)(CO)CC3)cn2)CC1. The van der Waals surface area contributed by atoms with Crippen molar-refractivity contribution in [1.82, 2.24) is 19.7 Å². The van der Waals surface area contributed by atoms with Crippen molar-refractivity contribution in [2.75, 3.05) is 37.7 Å². The second kappa shape index (κ2) is 9.47. The van der Waals surface area contributed by atoms with Gasteiger partial charge in [-0.3, -0.25) is 9.48 Å². The molecule has 0 atom stereocenters. The molecule has 0 aromatic carbocycles. The van der Waals surface area contributed by atoms with E-state index in [1.807, 2.05) is 20.7 Å². The number of halogens is 2. The van der Waals surface area contributed by atoms with Gasteiger partial charge < -0.3 is 14.9 Å². The fourth-order valence-electron chi connectivity index (χ4n) is 4.27. The Balaban J connectivity index is 1.47. The van der Waals surface area contributed by atoms with E-state index in [1.165, 1.54) is 0 Å². The van der Waals surface area contributed by atoms with Gasteiger partial charge in [-0.2, -0.15) is 5.10 Å². The van der Waals surface area contributed by atoms with Crippen molar-refractivity contribution in [2.24, 2.45) is 0 Å². The molecule has 2 fully saturated rings. The number of rotatable bonds is 3. The second-order valence-electron chi connectivity index (χ2n) is 8.52. The van der Waals surface area contributed by atoms with E-state index >= 15 is 0 Å². The standard InChI is InChI=1S/C23H27ClFN5O2/c1-17(32)28-8-4-20(5-9-28)30-15-18(13-27-30)2-3-19-14-26-22(24)12-21(19)29-10-6-23(25,16-31)7-11-29/h12-15,20,31H,4-11,16H2,1H3. The zero-order valence-corrected chi connectivity index (χ0v) is 18.9. The highest BCUT2D eigenvalue weighted by molar-refractivity contribution is 6.29. The highest BCUT2D eigenvalue weighted by Gasteiger charge is 2.34. The monoisotopic (exact) mass is 459 g/mol. The summed E-state index contributed by atoms with van der Waals surface area (Å²) < 4.78 is 16.3. The van der Waals surface area contributed by atoms with E-state index in [1.54, 1.807) is 25.4 Å². The molecule has 0 unspecified atom stereocenters. The number of piperidine rings is 2. The molecule has 1 N–H and O–H groups in total. The van der Waals surface area contributed by atoms with Gasteiger partial charge in [0, 0.05) is 64.4 Å². The molecule has 0 saturated carbocycles. The number of carbonyl (C=O) groups excluding carboxylic acids is 1. The van der Waals surface area contributed by atoms with Crippen LogP contribution in [0.1, 0.15) is 49.8 Å². The summed E-state index contributed by atoms with van der Waals surface area (Å²) in [5.41, 5.74) is 0.810. The summed E-state index contributed by atoms with van der Waals surface area (Å²) in [5, 5.41) is 14.1. The maximum absolute atomic E-state index is 14.4. The van der Waals surface area contributed by atoms with Crippen molar-refractivity contribution in [2.45, 2.75) is 44.3 Å². The summed E-state index contributed by atoms with van der Waals surface area (Å²) in [6.45, 7) is 3.58. The van der Waals surface area contributed by atoms with Crippen molar-refractivity contribution in [3.63, 3.8) is 0 Å². The van der Waals surface area contributed by atoms with Crippen LogP contribution in [0.25, 0.3) is 0 Å². The molecule has 2 aliphatic heterocycles. The molecule has 4 heterocycles. The third-order valence-electron chi connectivity index (χ3n) is 6.36. The van der Waals surface area contributed by atoms with E-state index in [4.69, 9.17) is 11.6 Å². The van der Waals surface area contributed by atoms with E-state index in [2.05, 4.69) is 21.9 Å². The van der Waals surface area contributed by atoms with Crippen LogP contribution in [0.4, 0.5) is 10.1 Å². The van der Waals surface area contributed by atoms with Crippen LogP contribution in [0, 0.1) is 11.8 Å². The highest BCUT2D eigenvalue weighted by atomic mass is 35.5. The van der Waals surface area contributed by atoms with Crippen LogP contribution in [0.15, 0.2) is 24.7 Å². The molecule has 4 rings (SSSR count). The number of hydrogen-bond donors (Lipinski definition) is 1. The van der Waals surface area contributed by atoms with Gasteiger partial charge in [0.05, 0.1) is 35.7 Å². The van der Waals surface area contributed by atoms with Crippen molar-refractivity contribution < 1.29 is 14.3 Å². The Morgan fingerprint density at radius 1 is 1.25 bits per heavy atom. The molecule has 170 valence electrons. The molecule has 9 heteroatoms. The maximum atomic E-state index is 14.4. The Hall–Kier alpha value is -2.63. The fraction of sp³-hybridized carbons (Fsp3) is 0.522. The molecule has 0 bridgehead atoms. The number of likely N-dealkylation sites (tertiary alicyclic amines) is 1. The molecule has 0 radical (unpaired) electrons. The largest absolute Gasteiger partial charge is 0.393 e. The first kappa shape index (κ1) is 22.6. The summed E-state index contributed by atoms with van der Waals surface area (Å²) in [4.78, 5) is 19.6. The maximum Gasteiger partial charge on any atom is 0.219 e. The quantitative estimate of drug-likeness (QED) is 0.564. The first-order valence-corrected chi connectivity index (χ1v) is 11.3. The summed E-state index contributed by atoms with van der Waals surface area (Å²) in [6.07, 6.45) is 7.57. The number of aliphatic hydroxyl groups is 1. The molecule has 2 aromatic heterocycles. The van der Waals surface area contributed by atoms with Crippen LogP contribution in [0.5, 0.6) is 0 Å². The normalized spacial score (nSPS) is 18.9. The van der Waals surface area contributed by atoms with Crippen molar-refractivity contribution in [3.05, 3.63) is 40.9 Å². The Morgan fingerprint density at radius 2 is 1.97 bits per heavy atom. The first-order chi connectivity index (χ1) is 15.4. The van der Waals surface area contributed by atoms with E-state index in [9.17, 15) is 14.3 Å². The number of pyridine rings is 1. The molecular weight excluding hydrogens is 433 g/mol. The predicted molar refractivity (Wildman–Crippen MR) is 120 cm³/mol. The highest BCUT2D eigenvalue weighted by Crippen LogP contribution is 2.31. The summed E-state index contributed by atoms with van der Waals surface area (Å²) >= 11 is 6.12. The number of aromatic nitrogens is 3. The lowest BCUT2D eigenvalue weighted by atomic mass is 9.94. The second-order valence-corrected chi connectivity index (χ2v) is 8.90. The van der Waals surface area contributed by atoms with Crippen LogP contribution in [-0.2, 0) is 4.79 Å². The Bertz CT molecular complexity index is 1030. The van der Waals surface area contributed by atoms with Gasteiger partial charge in [0.15, 0.2) is 0 Å². The van der Waals surface area contributed by atoms with E-state index < -0.39 is 12.3 Å². The first-order valence-electron chi connectivity index (χ1n) is 10.9. The molecule has 0 aliphatic carbocycles. The van der Waals surface area contributed by atoms with E-state index in [-0.39, 0.29) is 24.8 Å². The number of anilines is 1. The lowest BCUT2D eigenvalue weighted by Crippen LogP contribution is -2.44. The van der Waals surface area contributed by atoms with Gasteiger partial charge in [-0.1, -0.05) is 23.4 Å². The Kier molecular flexibility index (Phi) is 6.68. The van der Waals surface area contributed by atoms with Crippen LogP contribution in [-0.4, -0.2) is 69.1 Å². The van der Waals surface area contributed by atoms with Gasteiger partial charge in [-0.25, -0.2) is 9.37 Å². The number of carbonyl (C=O) groups is 1. The Labute approximate surface area is 192 Å². The molecular formula is C23H27ClFN5O2. The molecule has 32 heavy (non-hydrogen) atoms. The van der Waals surface area contributed by atoms with Gasteiger partial charge in [-0.05, 0) is 12.8 Å². The summed E-state index contributed by atoms with van der Waals surface area (Å²) in [6, 6.07) is 2.01. The average molecular weight is 460 g/mol. The van der Waals surface area contributed by atoms with Crippen molar-refractivity contribution >= 4 is 23.2 Å². The lowest BCUT2D eigenvalue weighted by Gasteiger charge is -2.37. The van der Waals surface area contributed by atoms with Gasteiger partial charge in [0.25, 0.3) is 0 Å². The predicted octanol–water partition coefficient (Wildman–Crippen LogP) is 2.82. The minimum absolute atomic E-state index is 0.116. The van der Waals surface area contributed by atoms with Gasteiger partial charge in [-0.15, -0.1) is 0 Å². The molecule has 2 aliphatic rings. The smallest absolute Gasteiger partial charge is 0.219 e. The topological polar surface area (TPSA) is 74.5 Å². The zero-order chi connectivity index (χ0) is 22.7. The van der Waals surface area contributed by atoms with Crippen LogP contribution >= 0.6 is 11.6 Å². The molecule has 1 amide bonds. The van der Waals surface area contributed by atoms with Gasteiger partial charge >= 0.3 is 0 Å². The number of alkyl halides is 1. The third-order valence-corrected chi connectivity index (χ3v) is 6.57. The fourth-order valence-corrected chi connectivity index (χ4v) is 4.42. The number of amides is 1. The van der Waals surface area contributed by atoms with E-state index in [0.29, 0.717) is 23.8 Å². The van der Waals surface area contributed by atoms with Crippen LogP contribution in [0.3, 0.4) is 0 Å². The summed E-state index contributed by atoms with van der Waals surface area (Å²) in [5.74, 6) is 6.43.